The Bertz CT molecular complexity index is 1170. The lowest BCUT2D eigenvalue weighted by atomic mass is 10.2. The van der Waals surface area contributed by atoms with E-state index in [1.54, 1.807) is 49.6 Å². The quantitative estimate of drug-likeness (QED) is 0.290. The fourth-order valence-electron chi connectivity index (χ4n) is 4.52. The van der Waals surface area contributed by atoms with Crippen LogP contribution in [0.5, 0.6) is 11.5 Å². The number of carbonyl (C=O) groups excluding carboxylic acids is 1. The molecule has 0 aliphatic carbocycles. The Labute approximate surface area is 223 Å². The first-order valence-corrected chi connectivity index (χ1v) is 12.9. The summed E-state index contributed by atoms with van der Waals surface area (Å²) in [6, 6.07) is 21.6. The molecule has 2 amide bonds. The zero-order chi connectivity index (χ0) is 26.7. The summed E-state index contributed by atoms with van der Waals surface area (Å²) < 4.78 is 25.1. The van der Waals surface area contributed by atoms with Crippen molar-refractivity contribution < 1.29 is 18.7 Å². The lowest BCUT2D eigenvalue weighted by Gasteiger charge is -2.36. The first kappa shape index (κ1) is 27.1. The monoisotopic (exact) mass is 521 g/mol. The summed E-state index contributed by atoms with van der Waals surface area (Å²) >= 11 is 0. The van der Waals surface area contributed by atoms with Gasteiger partial charge in [0.25, 0.3) is 0 Å². The second-order valence-corrected chi connectivity index (χ2v) is 9.10. The molecule has 3 aromatic carbocycles. The van der Waals surface area contributed by atoms with Crippen LogP contribution in [0, 0.1) is 5.82 Å². The zero-order valence-electron chi connectivity index (χ0n) is 22.0. The number of nitrogens with zero attached hydrogens (tertiary/aromatic N) is 3. The molecule has 0 bridgehead atoms. The van der Waals surface area contributed by atoms with Crippen LogP contribution < -0.4 is 30.1 Å². The molecule has 4 rings (SSSR count). The van der Waals surface area contributed by atoms with Gasteiger partial charge in [0.2, 0.25) is 0 Å². The summed E-state index contributed by atoms with van der Waals surface area (Å²) in [7, 11) is 3.30. The van der Waals surface area contributed by atoms with Crippen molar-refractivity contribution in [2.24, 2.45) is 0 Å². The van der Waals surface area contributed by atoms with E-state index in [1.165, 1.54) is 6.07 Å². The van der Waals surface area contributed by atoms with E-state index >= 15 is 0 Å². The van der Waals surface area contributed by atoms with Crippen LogP contribution in [0.1, 0.15) is 12.0 Å². The normalized spacial score (nSPS) is 13.6. The summed E-state index contributed by atoms with van der Waals surface area (Å²) in [5.74, 6) is 1.28. The maximum atomic E-state index is 14.3. The number of rotatable bonds is 11. The molecular weight excluding hydrogens is 485 g/mol. The van der Waals surface area contributed by atoms with Crippen LogP contribution in [-0.4, -0.2) is 64.4 Å². The maximum absolute atomic E-state index is 14.3. The molecule has 0 atom stereocenters. The number of hydrogen-bond acceptors (Lipinski definition) is 6. The Morgan fingerprint density at radius 2 is 1.63 bits per heavy atom. The van der Waals surface area contributed by atoms with Crippen molar-refractivity contribution in [3.8, 4) is 11.5 Å². The molecule has 9 heteroatoms. The predicted octanol–water partition coefficient (Wildman–Crippen LogP) is 4.28. The number of piperazine rings is 1. The second-order valence-electron chi connectivity index (χ2n) is 9.10. The summed E-state index contributed by atoms with van der Waals surface area (Å²) in [5.41, 5.74) is 5.19. The number of nitrogens with one attached hydrogen (secondary N) is 2. The molecule has 1 aliphatic rings. The molecule has 2 N–H and O–H groups in total. The Morgan fingerprint density at radius 3 is 2.34 bits per heavy atom. The summed E-state index contributed by atoms with van der Waals surface area (Å²) in [5, 5.41) is 4.56. The lowest BCUT2D eigenvalue weighted by molar-refractivity contribution is 0.235. The molecule has 0 spiro atoms. The average Bonchev–Trinajstić information content (AvgIpc) is 2.96. The van der Waals surface area contributed by atoms with Crippen LogP contribution in [0.4, 0.5) is 20.6 Å². The molecule has 0 unspecified atom stereocenters. The van der Waals surface area contributed by atoms with Gasteiger partial charge < -0.3 is 19.7 Å². The van der Waals surface area contributed by atoms with Crippen molar-refractivity contribution >= 4 is 17.4 Å². The highest BCUT2D eigenvalue weighted by Crippen LogP contribution is 2.28. The van der Waals surface area contributed by atoms with Gasteiger partial charge in [0, 0.05) is 38.3 Å². The highest BCUT2D eigenvalue weighted by Gasteiger charge is 2.19. The van der Waals surface area contributed by atoms with E-state index < -0.39 is 0 Å². The third-order valence-corrected chi connectivity index (χ3v) is 6.64. The van der Waals surface area contributed by atoms with Crippen LogP contribution in [0.15, 0.2) is 72.8 Å². The van der Waals surface area contributed by atoms with E-state index in [0.29, 0.717) is 17.9 Å². The number of carbonyl (C=O) groups is 1. The third kappa shape index (κ3) is 7.29. The fraction of sp³-hybridized carbons (Fsp3) is 0.345. The zero-order valence-corrected chi connectivity index (χ0v) is 22.0. The molecule has 202 valence electrons. The number of ether oxygens (including phenoxy) is 2. The van der Waals surface area contributed by atoms with E-state index in [1.807, 2.05) is 30.3 Å². The number of halogens is 1. The smallest absolute Gasteiger partial charge is 0.333 e. The Kier molecular flexibility index (Phi) is 9.64. The van der Waals surface area contributed by atoms with Gasteiger partial charge in [0.05, 0.1) is 32.1 Å². The van der Waals surface area contributed by atoms with Gasteiger partial charge in [-0.05, 0) is 55.4 Å². The topological polar surface area (TPSA) is 69.3 Å². The van der Waals surface area contributed by atoms with Crippen LogP contribution in [0.2, 0.25) is 0 Å². The van der Waals surface area contributed by atoms with Gasteiger partial charge in [0.15, 0.2) is 0 Å². The van der Waals surface area contributed by atoms with Crippen molar-refractivity contribution in [1.82, 2.24) is 15.6 Å². The number of benzene rings is 3. The number of methoxy groups -OCH3 is 2. The molecule has 3 aromatic rings. The maximum Gasteiger partial charge on any atom is 0.333 e. The minimum absolute atomic E-state index is 0.183. The number of hydrogen-bond donors (Lipinski definition) is 2. The summed E-state index contributed by atoms with van der Waals surface area (Å²) in [6.07, 6.45) is 0.831. The minimum atomic E-state index is -0.335. The molecule has 1 saturated heterocycles. The van der Waals surface area contributed by atoms with Gasteiger partial charge in [-0.2, -0.15) is 0 Å². The Morgan fingerprint density at radius 1 is 0.921 bits per heavy atom. The van der Waals surface area contributed by atoms with Gasteiger partial charge in [-0.3, -0.25) is 9.91 Å². The third-order valence-electron chi connectivity index (χ3n) is 6.64. The number of hydrazine groups is 1. The molecule has 38 heavy (non-hydrogen) atoms. The minimum Gasteiger partial charge on any atom is -0.497 e. The predicted molar refractivity (Wildman–Crippen MR) is 148 cm³/mol. The molecule has 8 nitrogen and oxygen atoms in total. The van der Waals surface area contributed by atoms with Crippen molar-refractivity contribution in [2.45, 2.75) is 13.0 Å². The summed E-state index contributed by atoms with van der Waals surface area (Å²) in [4.78, 5) is 17.5. The van der Waals surface area contributed by atoms with E-state index in [4.69, 9.17) is 9.47 Å². The van der Waals surface area contributed by atoms with Gasteiger partial charge in [0.1, 0.15) is 17.3 Å². The number of amides is 2. The average molecular weight is 522 g/mol. The van der Waals surface area contributed by atoms with Gasteiger partial charge >= 0.3 is 6.03 Å². The van der Waals surface area contributed by atoms with Crippen LogP contribution in [0.25, 0.3) is 0 Å². The van der Waals surface area contributed by atoms with Gasteiger partial charge in [-0.1, -0.05) is 30.3 Å². The largest absolute Gasteiger partial charge is 0.497 e. The number of anilines is 2. The van der Waals surface area contributed by atoms with Crippen LogP contribution >= 0.6 is 0 Å². The van der Waals surface area contributed by atoms with Crippen molar-refractivity contribution in [3.63, 3.8) is 0 Å². The molecule has 0 radical (unpaired) electrons. The van der Waals surface area contributed by atoms with Gasteiger partial charge in [-0.25, -0.2) is 14.6 Å². The van der Waals surface area contributed by atoms with Crippen molar-refractivity contribution in [1.29, 1.82) is 0 Å². The van der Waals surface area contributed by atoms with Crippen molar-refractivity contribution in [3.05, 3.63) is 84.2 Å². The summed E-state index contributed by atoms with van der Waals surface area (Å²) in [6.45, 7) is 5.40. The Balaban J connectivity index is 1.24. The number of para-hydroxylation sites is 2. The standard InChI is InChI=1S/C29H36FN5O3/c1-37-25-14-12-24(13-15-25)35(22-23-8-3-4-9-26(23)30)32-29(36)31-16-7-17-33-18-20-34(21-19-33)27-10-5-6-11-28(27)38-2/h3-6,8-15H,7,16-22H2,1-2H3,(H2,31,32,36). The van der Waals surface area contributed by atoms with Crippen LogP contribution in [0.3, 0.4) is 0 Å². The van der Waals surface area contributed by atoms with E-state index in [-0.39, 0.29) is 18.4 Å². The Hall–Kier alpha value is -3.98. The van der Waals surface area contributed by atoms with Gasteiger partial charge in [-0.15, -0.1) is 0 Å². The second kappa shape index (κ2) is 13.5. The van der Waals surface area contributed by atoms with E-state index in [2.05, 4.69) is 26.6 Å². The van der Waals surface area contributed by atoms with E-state index in [9.17, 15) is 9.18 Å². The first-order valence-electron chi connectivity index (χ1n) is 12.9. The SMILES string of the molecule is COc1ccc(N(Cc2ccccc2F)NC(=O)NCCCN2CCN(c3ccccc3OC)CC2)cc1. The van der Waals surface area contributed by atoms with E-state index in [0.717, 1.165) is 56.3 Å². The number of urea groups is 1. The molecular formula is C29H36FN5O3. The molecule has 1 aliphatic heterocycles. The molecule has 1 heterocycles. The highest BCUT2D eigenvalue weighted by atomic mass is 19.1. The first-order chi connectivity index (χ1) is 18.6. The highest BCUT2D eigenvalue weighted by molar-refractivity contribution is 5.76. The fourth-order valence-corrected chi connectivity index (χ4v) is 4.52. The molecule has 1 fully saturated rings. The molecule has 0 aromatic heterocycles. The van der Waals surface area contributed by atoms with Crippen LogP contribution in [-0.2, 0) is 6.54 Å². The molecule has 0 saturated carbocycles. The van der Waals surface area contributed by atoms with Crippen molar-refractivity contribution in [2.75, 3.05) is 63.4 Å². The lowest BCUT2D eigenvalue weighted by Crippen LogP contribution is -2.49.